The Morgan fingerprint density at radius 3 is 2.56 bits per heavy atom. The molecule has 0 unspecified atom stereocenters. The van der Waals surface area contributed by atoms with Crippen molar-refractivity contribution in [1.82, 2.24) is 19.1 Å². The van der Waals surface area contributed by atoms with E-state index in [1.165, 1.54) is 0 Å². The number of benzene rings is 1. The van der Waals surface area contributed by atoms with Gasteiger partial charge in [0.05, 0.1) is 11.9 Å². The number of sulfonamides is 1. The molecule has 0 bridgehead atoms. The van der Waals surface area contributed by atoms with Crippen molar-refractivity contribution in [3.05, 3.63) is 59.5 Å². The van der Waals surface area contributed by atoms with Crippen molar-refractivity contribution in [2.24, 2.45) is 7.05 Å². The van der Waals surface area contributed by atoms with Gasteiger partial charge in [0.2, 0.25) is 10.0 Å². The summed E-state index contributed by atoms with van der Waals surface area (Å²) in [6.07, 6.45) is 5.24. The number of aryl methyl sites for hydroxylation is 2. The van der Waals surface area contributed by atoms with Crippen molar-refractivity contribution in [3.8, 4) is 16.9 Å². The van der Waals surface area contributed by atoms with Gasteiger partial charge in [0.1, 0.15) is 5.82 Å². The molecule has 7 heteroatoms. The SMILES string of the molecule is Cc1nn(C)c(-n2ccc(-c3cccc(CNS(C)(=O)=O)c3)c2)c1C. The number of nitrogens with one attached hydrogen (secondary N) is 1. The maximum atomic E-state index is 11.3. The van der Waals surface area contributed by atoms with Gasteiger partial charge in [-0.3, -0.25) is 4.68 Å². The van der Waals surface area contributed by atoms with Crippen LogP contribution in [0.1, 0.15) is 16.8 Å². The summed E-state index contributed by atoms with van der Waals surface area (Å²) < 4.78 is 29.0. The maximum absolute atomic E-state index is 11.3. The van der Waals surface area contributed by atoms with Crippen molar-refractivity contribution < 1.29 is 8.42 Å². The molecule has 6 nitrogen and oxygen atoms in total. The second-order valence-electron chi connectivity index (χ2n) is 6.26. The Morgan fingerprint density at radius 1 is 1.16 bits per heavy atom. The summed E-state index contributed by atoms with van der Waals surface area (Å²) in [6.45, 7) is 4.35. The van der Waals surface area contributed by atoms with Gasteiger partial charge in [-0.2, -0.15) is 5.10 Å². The Bertz CT molecular complexity index is 1020. The number of rotatable bonds is 5. The van der Waals surface area contributed by atoms with Crippen LogP contribution >= 0.6 is 0 Å². The average molecular weight is 358 g/mol. The van der Waals surface area contributed by atoms with Crippen LogP contribution in [-0.4, -0.2) is 29.0 Å². The molecule has 25 heavy (non-hydrogen) atoms. The molecule has 0 aliphatic carbocycles. The molecule has 1 aromatic carbocycles. The van der Waals surface area contributed by atoms with Crippen LogP contribution in [0.4, 0.5) is 0 Å². The predicted molar refractivity (Wildman–Crippen MR) is 99.1 cm³/mol. The lowest BCUT2D eigenvalue weighted by Crippen LogP contribution is -2.21. The number of nitrogens with zero attached hydrogens (tertiary/aromatic N) is 3. The fourth-order valence-corrected chi connectivity index (χ4v) is 3.32. The zero-order chi connectivity index (χ0) is 18.2. The lowest BCUT2D eigenvalue weighted by molar-refractivity contribution is 0.587. The van der Waals surface area contributed by atoms with Crippen molar-refractivity contribution in [3.63, 3.8) is 0 Å². The van der Waals surface area contributed by atoms with Crippen molar-refractivity contribution in [1.29, 1.82) is 0 Å². The average Bonchev–Trinajstić information content (AvgIpc) is 3.10. The van der Waals surface area contributed by atoms with Gasteiger partial charge in [0, 0.05) is 31.5 Å². The quantitative estimate of drug-likeness (QED) is 0.762. The molecule has 2 heterocycles. The molecule has 0 atom stereocenters. The van der Waals surface area contributed by atoms with Crippen LogP contribution in [0.2, 0.25) is 0 Å². The Labute approximate surface area is 148 Å². The highest BCUT2D eigenvalue weighted by Crippen LogP contribution is 2.24. The van der Waals surface area contributed by atoms with Crippen LogP contribution in [0.3, 0.4) is 0 Å². The van der Waals surface area contributed by atoms with Gasteiger partial charge < -0.3 is 4.57 Å². The molecule has 3 aromatic rings. The van der Waals surface area contributed by atoms with E-state index >= 15 is 0 Å². The third-order valence-electron chi connectivity index (χ3n) is 4.22. The Hall–Kier alpha value is -2.38. The molecule has 2 aromatic heterocycles. The first-order chi connectivity index (χ1) is 11.7. The molecule has 0 fully saturated rings. The van der Waals surface area contributed by atoms with E-state index < -0.39 is 10.0 Å². The van der Waals surface area contributed by atoms with E-state index in [1.54, 1.807) is 0 Å². The summed E-state index contributed by atoms with van der Waals surface area (Å²) >= 11 is 0. The van der Waals surface area contributed by atoms with Gasteiger partial charge in [0.15, 0.2) is 0 Å². The van der Waals surface area contributed by atoms with Crippen molar-refractivity contribution >= 4 is 10.0 Å². The van der Waals surface area contributed by atoms with E-state index in [9.17, 15) is 8.42 Å². The summed E-state index contributed by atoms with van der Waals surface area (Å²) in [6, 6.07) is 9.91. The normalized spacial score (nSPS) is 11.8. The van der Waals surface area contributed by atoms with Crippen molar-refractivity contribution in [2.75, 3.05) is 6.26 Å². The summed E-state index contributed by atoms with van der Waals surface area (Å²) in [4.78, 5) is 0. The van der Waals surface area contributed by atoms with Gasteiger partial charge >= 0.3 is 0 Å². The molecular formula is C18H22N4O2S. The minimum Gasteiger partial charge on any atom is -0.308 e. The number of hydrogen-bond acceptors (Lipinski definition) is 3. The van der Waals surface area contributed by atoms with Crippen LogP contribution in [0.5, 0.6) is 0 Å². The Balaban J connectivity index is 1.90. The maximum Gasteiger partial charge on any atom is 0.209 e. The molecule has 0 saturated carbocycles. The van der Waals surface area contributed by atoms with Crippen LogP contribution in [0, 0.1) is 13.8 Å². The molecule has 1 N–H and O–H groups in total. The summed E-state index contributed by atoms with van der Waals surface area (Å²) in [5, 5.41) is 4.46. The first kappa shape index (κ1) is 17.4. The summed E-state index contributed by atoms with van der Waals surface area (Å²) in [5.74, 6) is 1.04. The first-order valence-corrected chi connectivity index (χ1v) is 9.86. The Morgan fingerprint density at radius 2 is 1.92 bits per heavy atom. The number of hydrogen-bond donors (Lipinski definition) is 1. The fourth-order valence-electron chi connectivity index (χ4n) is 2.89. The molecule has 0 aliphatic rings. The van der Waals surface area contributed by atoms with E-state index in [1.807, 2.05) is 55.2 Å². The predicted octanol–water partition coefficient (Wildman–Crippen LogP) is 2.54. The second kappa shape index (κ2) is 6.50. The first-order valence-electron chi connectivity index (χ1n) is 7.97. The van der Waals surface area contributed by atoms with E-state index in [2.05, 4.69) is 27.5 Å². The number of aromatic nitrogens is 3. The molecule has 0 amide bonds. The fraction of sp³-hybridized carbons (Fsp3) is 0.278. The van der Waals surface area contributed by atoms with E-state index in [4.69, 9.17) is 0 Å². The van der Waals surface area contributed by atoms with Crippen molar-refractivity contribution in [2.45, 2.75) is 20.4 Å². The van der Waals surface area contributed by atoms with Gasteiger partial charge in [-0.1, -0.05) is 18.2 Å². The largest absolute Gasteiger partial charge is 0.308 e. The molecule has 132 valence electrons. The van der Waals surface area contributed by atoms with Gasteiger partial charge in [-0.05, 0) is 42.7 Å². The minimum absolute atomic E-state index is 0.285. The van der Waals surface area contributed by atoms with Gasteiger partial charge in [-0.25, -0.2) is 13.1 Å². The third-order valence-corrected chi connectivity index (χ3v) is 4.89. The zero-order valence-corrected chi connectivity index (χ0v) is 15.6. The molecule has 0 aliphatic heterocycles. The highest BCUT2D eigenvalue weighted by molar-refractivity contribution is 7.88. The van der Waals surface area contributed by atoms with Crippen LogP contribution < -0.4 is 4.72 Å². The molecular weight excluding hydrogens is 336 g/mol. The molecule has 3 rings (SSSR count). The molecule has 0 saturated heterocycles. The van der Waals surface area contributed by atoms with Gasteiger partial charge in [-0.15, -0.1) is 0 Å². The monoisotopic (exact) mass is 358 g/mol. The third kappa shape index (κ3) is 3.83. The highest BCUT2D eigenvalue weighted by Gasteiger charge is 2.12. The Kier molecular flexibility index (Phi) is 4.53. The topological polar surface area (TPSA) is 68.9 Å². The highest BCUT2D eigenvalue weighted by atomic mass is 32.2. The smallest absolute Gasteiger partial charge is 0.209 e. The minimum atomic E-state index is -3.20. The molecule has 0 spiro atoms. The second-order valence-corrected chi connectivity index (χ2v) is 8.09. The summed E-state index contributed by atoms with van der Waals surface area (Å²) in [7, 11) is -1.27. The summed E-state index contributed by atoms with van der Waals surface area (Å²) in [5.41, 5.74) is 5.20. The lowest BCUT2D eigenvalue weighted by atomic mass is 10.1. The zero-order valence-electron chi connectivity index (χ0n) is 14.8. The van der Waals surface area contributed by atoms with E-state index in [0.29, 0.717) is 0 Å². The van der Waals surface area contributed by atoms with E-state index in [-0.39, 0.29) is 6.54 Å². The lowest BCUT2D eigenvalue weighted by Gasteiger charge is -2.06. The van der Waals surface area contributed by atoms with Crippen LogP contribution in [-0.2, 0) is 23.6 Å². The van der Waals surface area contributed by atoms with Crippen LogP contribution in [0.15, 0.2) is 42.7 Å². The van der Waals surface area contributed by atoms with Crippen LogP contribution in [0.25, 0.3) is 16.9 Å². The van der Waals surface area contributed by atoms with E-state index in [0.717, 1.165) is 40.0 Å². The van der Waals surface area contributed by atoms with Gasteiger partial charge in [0.25, 0.3) is 0 Å². The standard InChI is InChI=1S/C18H22N4O2S/c1-13-14(2)20-21(3)18(13)22-9-8-17(12-22)16-7-5-6-15(10-16)11-19-25(4,23)24/h5-10,12,19H,11H2,1-4H3. The molecule has 0 radical (unpaired) electrons.